The molecule has 1 heterocycles. The highest BCUT2D eigenvalue weighted by Gasteiger charge is 2.50. The summed E-state index contributed by atoms with van der Waals surface area (Å²) in [6.45, 7) is 10.9. The van der Waals surface area contributed by atoms with Crippen LogP contribution >= 0.6 is 0 Å². The maximum absolute atomic E-state index is 12.8. The normalized spacial score (nSPS) is 23.6. The molecule has 2 unspecified atom stereocenters. The molecule has 0 spiro atoms. The number of piperazine rings is 1. The monoisotopic (exact) mass is 282 g/mol. The Morgan fingerprint density at radius 2 is 1.80 bits per heavy atom. The van der Waals surface area contributed by atoms with Gasteiger partial charge in [0.05, 0.1) is 0 Å². The molecule has 1 rings (SSSR count). The third-order valence-corrected chi connectivity index (χ3v) is 4.88. The van der Waals surface area contributed by atoms with Gasteiger partial charge in [-0.1, -0.05) is 47.5 Å². The number of nitrogens with one attached hydrogen (secondary N) is 1. The van der Waals surface area contributed by atoms with Crippen LogP contribution in [0.2, 0.25) is 0 Å². The molecule has 4 nitrogen and oxygen atoms in total. The van der Waals surface area contributed by atoms with Gasteiger partial charge in [-0.3, -0.25) is 9.59 Å². The number of nitrogens with zero attached hydrogens (tertiary/aromatic N) is 1. The Morgan fingerprint density at radius 1 is 1.20 bits per heavy atom. The van der Waals surface area contributed by atoms with Gasteiger partial charge in [0.25, 0.3) is 0 Å². The van der Waals surface area contributed by atoms with Crippen LogP contribution in [0.5, 0.6) is 0 Å². The zero-order valence-corrected chi connectivity index (χ0v) is 13.7. The minimum absolute atomic E-state index is 0.0310. The molecule has 20 heavy (non-hydrogen) atoms. The second kappa shape index (κ2) is 7.09. The van der Waals surface area contributed by atoms with E-state index in [0.717, 1.165) is 19.3 Å². The second-order valence-corrected chi connectivity index (χ2v) is 5.92. The van der Waals surface area contributed by atoms with Gasteiger partial charge in [0, 0.05) is 6.54 Å². The van der Waals surface area contributed by atoms with Gasteiger partial charge >= 0.3 is 0 Å². The molecule has 1 aliphatic heterocycles. The summed E-state index contributed by atoms with van der Waals surface area (Å²) in [5.41, 5.74) is -0.643. The van der Waals surface area contributed by atoms with E-state index in [2.05, 4.69) is 19.2 Å². The molecule has 116 valence electrons. The first-order valence-corrected chi connectivity index (χ1v) is 8.10. The van der Waals surface area contributed by atoms with E-state index >= 15 is 0 Å². The average Bonchev–Trinajstić information content (AvgIpc) is 2.47. The van der Waals surface area contributed by atoms with Crippen molar-refractivity contribution in [3.8, 4) is 0 Å². The van der Waals surface area contributed by atoms with Gasteiger partial charge in [0.15, 0.2) is 0 Å². The minimum Gasteiger partial charge on any atom is -0.342 e. The summed E-state index contributed by atoms with van der Waals surface area (Å²) in [5.74, 6) is 0.321. The fourth-order valence-corrected chi connectivity index (χ4v) is 3.05. The molecule has 1 fully saturated rings. The molecular formula is C16H30N2O2. The van der Waals surface area contributed by atoms with Crippen LogP contribution in [0.1, 0.15) is 66.7 Å². The Morgan fingerprint density at radius 3 is 2.25 bits per heavy atom. The molecule has 0 bridgehead atoms. The highest BCUT2D eigenvalue weighted by atomic mass is 16.2. The van der Waals surface area contributed by atoms with E-state index < -0.39 is 5.54 Å². The third-order valence-electron chi connectivity index (χ3n) is 4.88. The van der Waals surface area contributed by atoms with Gasteiger partial charge < -0.3 is 10.2 Å². The van der Waals surface area contributed by atoms with Gasteiger partial charge in [-0.25, -0.2) is 0 Å². The van der Waals surface area contributed by atoms with Crippen molar-refractivity contribution in [3.63, 3.8) is 0 Å². The fraction of sp³-hybridized carbons (Fsp3) is 0.875. The number of unbranched alkanes of at least 4 members (excludes halogenated alkanes) is 1. The van der Waals surface area contributed by atoms with E-state index in [4.69, 9.17) is 0 Å². The van der Waals surface area contributed by atoms with E-state index in [1.807, 2.05) is 25.7 Å². The molecule has 0 aliphatic carbocycles. The lowest BCUT2D eigenvalue weighted by Gasteiger charge is -2.48. The number of amides is 2. The summed E-state index contributed by atoms with van der Waals surface area (Å²) in [5, 5.41) is 2.99. The molecule has 2 atom stereocenters. The quantitative estimate of drug-likeness (QED) is 0.780. The molecular weight excluding hydrogens is 252 g/mol. The Bertz CT molecular complexity index is 350. The third kappa shape index (κ3) is 2.84. The Labute approximate surface area is 123 Å². The molecule has 0 radical (unpaired) electrons. The Kier molecular flexibility index (Phi) is 6.03. The lowest BCUT2D eigenvalue weighted by molar-refractivity contribution is -0.160. The van der Waals surface area contributed by atoms with Gasteiger partial charge in [-0.15, -0.1) is 0 Å². The Hall–Kier alpha value is -1.06. The molecule has 1 N–H and O–H groups in total. The van der Waals surface area contributed by atoms with Gasteiger partial charge in [0.1, 0.15) is 11.6 Å². The van der Waals surface area contributed by atoms with Crippen LogP contribution in [0, 0.1) is 5.92 Å². The number of hydrogen-bond acceptors (Lipinski definition) is 2. The molecule has 0 aromatic carbocycles. The van der Waals surface area contributed by atoms with Gasteiger partial charge in [0.2, 0.25) is 11.8 Å². The van der Waals surface area contributed by atoms with Crippen LogP contribution in [0.4, 0.5) is 0 Å². The van der Waals surface area contributed by atoms with E-state index in [-0.39, 0.29) is 23.8 Å². The summed E-state index contributed by atoms with van der Waals surface area (Å²) in [6, 6.07) is -0.351. The molecule has 2 amide bonds. The number of rotatable bonds is 7. The van der Waals surface area contributed by atoms with Crippen molar-refractivity contribution in [2.24, 2.45) is 5.92 Å². The summed E-state index contributed by atoms with van der Waals surface area (Å²) in [7, 11) is 0. The SMILES string of the molecule is CCCCN1C(=O)C(C(C)CC)NC(=O)C1(CC)CC. The molecule has 0 aromatic rings. The van der Waals surface area contributed by atoms with Crippen molar-refractivity contribution in [2.75, 3.05) is 6.54 Å². The zero-order chi connectivity index (χ0) is 15.3. The predicted octanol–water partition coefficient (Wildman–Crippen LogP) is 2.72. The first-order chi connectivity index (χ1) is 9.48. The second-order valence-electron chi connectivity index (χ2n) is 5.92. The first kappa shape index (κ1) is 17.0. The summed E-state index contributed by atoms with van der Waals surface area (Å²) in [4.78, 5) is 27.3. The van der Waals surface area contributed by atoms with Gasteiger partial charge in [-0.2, -0.15) is 0 Å². The van der Waals surface area contributed by atoms with Crippen LogP contribution in [0.25, 0.3) is 0 Å². The summed E-state index contributed by atoms with van der Waals surface area (Å²) in [6.07, 6.45) is 4.23. The minimum atomic E-state index is -0.643. The van der Waals surface area contributed by atoms with Crippen molar-refractivity contribution in [1.29, 1.82) is 0 Å². The summed E-state index contributed by atoms with van der Waals surface area (Å²) < 4.78 is 0. The average molecular weight is 282 g/mol. The molecule has 0 aromatic heterocycles. The summed E-state index contributed by atoms with van der Waals surface area (Å²) >= 11 is 0. The zero-order valence-electron chi connectivity index (χ0n) is 13.7. The topological polar surface area (TPSA) is 49.4 Å². The fourth-order valence-electron chi connectivity index (χ4n) is 3.05. The van der Waals surface area contributed by atoms with Crippen LogP contribution in [0.15, 0.2) is 0 Å². The van der Waals surface area contributed by atoms with E-state index in [1.54, 1.807) is 0 Å². The molecule has 1 aliphatic rings. The van der Waals surface area contributed by atoms with Crippen LogP contribution < -0.4 is 5.32 Å². The van der Waals surface area contributed by atoms with Crippen LogP contribution in [0.3, 0.4) is 0 Å². The highest BCUT2D eigenvalue weighted by molar-refractivity contribution is 5.99. The number of carbonyl (C=O) groups excluding carboxylic acids is 2. The van der Waals surface area contributed by atoms with Crippen LogP contribution in [-0.2, 0) is 9.59 Å². The Balaban J connectivity index is 3.10. The standard InChI is InChI=1S/C16H30N2O2/c1-6-10-11-18-14(19)13(12(5)7-2)17-15(20)16(18,8-3)9-4/h12-13H,6-11H2,1-5H3,(H,17,20). The van der Waals surface area contributed by atoms with Crippen molar-refractivity contribution in [1.82, 2.24) is 10.2 Å². The molecule has 4 heteroatoms. The molecule has 0 saturated carbocycles. The van der Waals surface area contributed by atoms with Crippen molar-refractivity contribution >= 4 is 11.8 Å². The van der Waals surface area contributed by atoms with Crippen LogP contribution in [-0.4, -0.2) is 34.8 Å². The maximum Gasteiger partial charge on any atom is 0.246 e. The lowest BCUT2D eigenvalue weighted by atomic mass is 9.83. The maximum atomic E-state index is 12.8. The van der Waals surface area contributed by atoms with Gasteiger partial charge in [-0.05, 0) is 25.2 Å². The first-order valence-electron chi connectivity index (χ1n) is 8.10. The highest BCUT2D eigenvalue weighted by Crippen LogP contribution is 2.31. The smallest absolute Gasteiger partial charge is 0.246 e. The van der Waals surface area contributed by atoms with Crippen molar-refractivity contribution < 1.29 is 9.59 Å². The molecule has 1 saturated heterocycles. The largest absolute Gasteiger partial charge is 0.342 e. The predicted molar refractivity (Wildman–Crippen MR) is 81.3 cm³/mol. The van der Waals surface area contributed by atoms with Crippen molar-refractivity contribution in [3.05, 3.63) is 0 Å². The lowest BCUT2D eigenvalue weighted by Crippen LogP contribution is -2.71. The van der Waals surface area contributed by atoms with E-state index in [0.29, 0.717) is 19.4 Å². The number of carbonyl (C=O) groups is 2. The number of hydrogen-bond donors (Lipinski definition) is 1. The van der Waals surface area contributed by atoms with E-state index in [1.165, 1.54) is 0 Å². The van der Waals surface area contributed by atoms with Crippen molar-refractivity contribution in [2.45, 2.75) is 78.3 Å². The van der Waals surface area contributed by atoms with E-state index in [9.17, 15) is 9.59 Å².